The van der Waals surface area contributed by atoms with E-state index >= 15 is 0 Å². The summed E-state index contributed by atoms with van der Waals surface area (Å²) >= 11 is 0. The summed E-state index contributed by atoms with van der Waals surface area (Å²) in [6, 6.07) is 15.3. The monoisotopic (exact) mass is 452 g/mol. The Balaban J connectivity index is 1.50. The molecule has 0 atom stereocenters. The first-order valence-electron chi connectivity index (χ1n) is 11.2. The number of ether oxygens (including phenoxy) is 1. The number of esters is 1. The van der Waals surface area contributed by atoms with Crippen LogP contribution in [0.1, 0.15) is 29.8 Å². The van der Waals surface area contributed by atoms with E-state index in [9.17, 15) is 14.4 Å². The van der Waals surface area contributed by atoms with E-state index in [1.54, 1.807) is 24.3 Å². The van der Waals surface area contributed by atoms with Gasteiger partial charge in [0.15, 0.2) is 0 Å². The van der Waals surface area contributed by atoms with Crippen LogP contribution >= 0.6 is 0 Å². The van der Waals surface area contributed by atoms with Crippen LogP contribution in [0, 0.1) is 0 Å². The van der Waals surface area contributed by atoms with Gasteiger partial charge in [0, 0.05) is 49.2 Å². The van der Waals surface area contributed by atoms with Gasteiger partial charge in [0.1, 0.15) is 6.54 Å². The molecule has 2 aromatic rings. The highest BCUT2D eigenvalue weighted by molar-refractivity contribution is 6.04. The van der Waals surface area contributed by atoms with Crippen LogP contribution in [0.2, 0.25) is 0 Å². The smallest absolute Gasteiger partial charge is 0.325 e. The highest BCUT2D eigenvalue weighted by atomic mass is 16.5. The lowest BCUT2D eigenvalue weighted by Gasteiger charge is -2.38. The van der Waals surface area contributed by atoms with Crippen LogP contribution in [-0.4, -0.2) is 68.6 Å². The number of hydrogen-bond acceptors (Lipinski definition) is 6. The summed E-state index contributed by atoms with van der Waals surface area (Å²) < 4.78 is 4.49. The fraction of sp³-hybridized carbons (Fsp3) is 0.400. The minimum Gasteiger partial charge on any atom is -0.468 e. The Kier molecular flexibility index (Phi) is 8.43. The van der Waals surface area contributed by atoms with Crippen molar-refractivity contribution >= 4 is 29.2 Å². The van der Waals surface area contributed by atoms with Crippen LogP contribution in [0.4, 0.5) is 11.4 Å². The normalized spacial score (nSPS) is 14.1. The number of carbonyl (C=O) groups is 3. The maximum atomic E-state index is 12.6. The third-order valence-corrected chi connectivity index (χ3v) is 5.77. The average Bonchev–Trinajstić information content (AvgIpc) is 2.84. The van der Waals surface area contributed by atoms with E-state index in [1.165, 1.54) is 7.11 Å². The summed E-state index contributed by atoms with van der Waals surface area (Å²) in [6.07, 6.45) is 0.137. The zero-order chi connectivity index (χ0) is 23.8. The van der Waals surface area contributed by atoms with Crippen LogP contribution in [0.25, 0.3) is 0 Å². The number of benzene rings is 2. The Morgan fingerprint density at radius 3 is 2.15 bits per heavy atom. The van der Waals surface area contributed by atoms with Crippen molar-refractivity contribution in [1.29, 1.82) is 0 Å². The Hall–Kier alpha value is -3.39. The number of amides is 2. The van der Waals surface area contributed by atoms with E-state index in [1.807, 2.05) is 24.3 Å². The SMILES string of the molecule is COC(=O)CNC(=O)Cc1ccc(NC(=O)c2ccc(N3CCN(C(C)C)CC3)cc2)cc1. The molecule has 0 bridgehead atoms. The van der Waals surface area contributed by atoms with Crippen LogP contribution < -0.4 is 15.5 Å². The van der Waals surface area contributed by atoms with Crippen molar-refractivity contribution in [1.82, 2.24) is 10.2 Å². The fourth-order valence-corrected chi connectivity index (χ4v) is 3.72. The minimum absolute atomic E-state index is 0.137. The first-order chi connectivity index (χ1) is 15.9. The van der Waals surface area contributed by atoms with Gasteiger partial charge < -0.3 is 20.3 Å². The molecule has 2 N–H and O–H groups in total. The fourth-order valence-electron chi connectivity index (χ4n) is 3.72. The van der Waals surface area contributed by atoms with Crippen LogP contribution in [0.15, 0.2) is 48.5 Å². The van der Waals surface area contributed by atoms with Gasteiger partial charge in [0.05, 0.1) is 13.5 Å². The zero-order valence-electron chi connectivity index (χ0n) is 19.5. The number of methoxy groups -OCH3 is 1. The predicted octanol–water partition coefficient (Wildman–Crippen LogP) is 2.30. The molecule has 0 saturated carbocycles. The van der Waals surface area contributed by atoms with Crippen molar-refractivity contribution in [2.75, 3.05) is 50.1 Å². The van der Waals surface area contributed by atoms with E-state index in [-0.39, 0.29) is 24.8 Å². The van der Waals surface area contributed by atoms with Crippen molar-refractivity contribution in [2.24, 2.45) is 0 Å². The van der Waals surface area contributed by atoms with E-state index in [2.05, 4.69) is 39.0 Å². The number of carbonyl (C=O) groups excluding carboxylic acids is 3. The van der Waals surface area contributed by atoms with Gasteiger partial charge in [-0.3, -0.25) is 19.3 Å². The Labute approximate surface area is 194 Å². The molecule has 8 heteroatoms. The third kappa shape index (κ3) is 7.05. The van der Waals surface area contributed by atoms with Crippen molar-refractivity contribution in [2.45, 2.75) is 26.3 Å². The standard InChI is InChI=1S/C25H32N4O4/c1-18(2)28-12-14-29(15-13-28)22-10-6-20(7-11-22)25(32)27-21-8-4-19(5-9-21)16-23(30)26-17-24(31)33-3/h4-11,18H,12-17H2,1-3H3,(H,26,30)(H,27,32). The van der Waals surface area contributed by atoms with Crippen molar-refractivity contribution in [3.63, 3.8) is 0 Å². The topological polar surface area (TPSA) is 91.0 Å². The number of nitrogens with one attached hydrogen (secondary N) is 2. The van der Waals surface area contributed by atoms with Crippen LogP contribution in [0.5, 0.6) is 0 Å². The molecule has 1 aliphatic rings. The Bertz CT molecular complexity index is 949. The number of rotatable bonds is 8. The van der Waals surface area contributed by atoms with E-state index in [0.717, 1.165) is 37.4 Å². The highest BCUT2D eigenvalue weighted by Gasteiger charge is 2.19. The second-order valence-corrected chi connectivity index (χ2v) is 8.34. The molecule has 176 valence electrons. The lowest BCUT2D eigenvalue weighted by molar-refractivity contribution is -0.141. The van der Waals surface area contributed by atoms with Crippen LogP contribution in [-0.2, 0) is 20.7 Å². The van der Waals surface area contributed by atoms with Crippen molar-refractivity contribution in [3.8, 4) is 0 Å². The van der Waals surface area contributed by atoms with E-state index < -0.39 is 5.97 Å². The molecule has 0 spiro atoms. The molecule has 0 aliphatic carbocycles. The Morgan fingerprint density at radius 1 is 0.939 bits per heavy atom. The van der Waals surface area contributed by atoms with Gasteiger partial charge >= 0.3 is 5.97 Å². The minimum atomic E-state index is -0.497. The average molecular weight is 453 g/mol. The molecule has 8 nitrogen and oxygen atoms in total. The second kappa shape index (κ2) is 11.5. The molecule has 3 rings (SSSR count). The molecular weight excluding hydrogens is 420 g/mol. The van der Waals surface area contributed by atoms with E-state index in [4.69, 9.17) is 0 Å². The summed E-state index contributed by atoms with van der Waals surface area (Å²) in [5, 5.41) is 5.38. The summed E-state index contributed by atoms with van der Waals surface area (Å²) in [4.78, 5) is 40.4. The molecule has 1 heterocycles. The molecule has 0 aromatic heterocycles. The summed E-state index contributed by atoms with van der Waals surface area (Å²) in [5.41, 5.74) is 3.14. The molecular formula is C25H32N4O4. The number of nitrogens with zero attached hydrogens (tertiary/aromatic N) is 2. The van der Waals surface area contributed by atoms with Gasteiger partial charge in [-0.25, -0.2) is 0 Å². The molecule has 2 amide bonds. The molecule has 2 aromatic carbocycles. The van der Waals surface area contributed by atoms with Crippen molar-refractivity contribution < 1.29 is 19.1 Å². The van der Waals surface area contributed by atoms with Gasteiger partial charge in [-0.05, 0) is 55.8 Å². The number of anilines is 2. The lowest BCUT2D eigenvalue weighted by Crippen LogP contribution is -2.48. The summed E-state index contributed by atoms with van der Waals surface area (Å²) in [6.45, 7) is 8.34. The maximum Gasteiger partial charge on any atom is 0.325 e. The molecule has 0 radical (unpaired) electrons. The van der Waals surface area contributed by atoms with E-state index in [0.29, 0.717) is 17.3 Å². The molecule has 1 aliphatic heterocycles. The quantitative estimate of drug-likeness (QED) is 0.598. The van der Waals surface area contributed by atoms with Gasteiger partial charge in [-0.2, -0.15) is 0 Å². The third-order valence-electron chi connectivity index (χ3n) is 5.77. The second-order valence-electron chi connectivity index (χ2n) is 8.34. The lowest BCUT2D eigenvalue weighted by atomic mass is 10.1. The van der Waals surface area contributed by atoms with Gasteiger partial charge in [-0.1, -0.05) is 12.1 Å². The first kappa shape index (κ1) is 24.3. The molecule has 1 saturated heterocycles. The summed E-state index contributed by atoms with van der Waals surface area (Å²) in [5.74, 6) is -0.958. The maximum absolute atomic E-state index is 12.6. The first-order valence-corrected chi connectivity index (χ1v) is 11.2. The van der Waals surface area contributed by atoms with Gasteiger partial charge in [0.2, 0.25) is 5.91 Å². The molecule has 0 unspecified atom stereocenters. The van der Waals surface area contributed by atoms with Crippen molar-refractivity contribution in [3.05, 3.63) is 59.7 Å². The molecule has 1 fully saturated rings. The number of hydrogen-bond donors (Lipinski definition) is 2. The van der Waals surface area contributed by atoms with Gasteiger partial charge in [-0.15, -0.1) is 0 Å². The highest BCUT2D eigenvalue weighted by Crippen LogP contribution is 2.19. The number of piperazine rings is 1. The zero-order valence-corrected chi connectivity index (χ0v) is 19.5. The summed E-state index contributed by atoms with van der Waals surface area (Å²) in [7, 11) is 1.27. The largest absolute Gasteiger partial charge is 0.468 e. The predicted molar refractivity (Wildman–Crippen MR) is 128 cm³/mol. The van der Waals surface area contributed by atoms with Gasteiger partial charge in [0.25, 0.3) is 5.91 Å². The van der Waals surface area contributed by atoms with Crippen LogP contribution in [0.3, 0.4) is 0 Å². The Morgan fingerprint density at radius 2 is 1.58 bits per heavy atom. The molecule has 33 heavy (non-hydrogen) atoms.